The van der Waals surface area contributed by atoms with E-state index in [0.29, 0.717) is 0 Å². The monoisotopic (exact) mass is 363 g/mol. The lowest BCUT2D eigenvalue weighted by atomic mass is 10.1. The molecule has 0 radical (unpaired) electrons. The highest BCUT2D eigenvalue weighted by Gasteiger charge is 2.27. The molecule has 0 bridgehead atoms. The first-order valence-corrected chi connectivity index (χ1v) is 8.57. The minimum Gasteiger partial charge on any atom is -0.480 e. The third-order valence-corrected chi connectivity index (χ3v) is 4.74. The number of sulfonamides is 1. The summed E-state index contributed by atoms with van der Waals surface area (Å²) in [6.45, 7) is 3.57. The molecule has 9 heteroatoms. The summed E-state index contributed by atoms with van der Waals surface area (Å²) in [6, 6.07) is 2.19. The third kappa shape index (κ3) is 5.19. The lowest BCUT2D eigenvalue weighted by Crippen LogP contribution is -2.41. The van der Waals surface area contributed by atoms with Crippen molar-refractivity contribution in [3.05, 3.63) is 28.8 Å². The number of aliphatic carboxylic acids is 1. The van der Waals surface area contributed by atoms with E-state index in [0.717, 1.165) is 12.1 Å². The predicted molar refractivity (Wildman–Crippen MR) is 84.0 cm³/mol. The van der Waals surface area contributed by atoms with Crippen molar-refractivity contribution in [2.75, 3.05) is 7.11 Å². The van der Waals surface area contributed by atoms with Crippen LogP contribution in [0.2, 0.25) is 5.02 Å². The molecular weight excluding hydrogens is 346 g/mol. The lowest BCUT2D eigenvalue weighted by Gasteiger charge is -2.17. The van der Waals surface area contributed by atoms with Crippen LogP contribution in [-0.2, 0) is 19.6 Å². The lowest BCUT2D eigenvalue weighted by molar-refractivity contribution is -0.139. The molecule has 7 nitrogen and oxygen atoms in total. The van der Waals surface area contributed by atoms with Crippen molar-refractivity contribution in [2.45, 2.75) is 31.2 Å². The Hall–Kier alpha value is -1.64. The number of methoxy groups -OCH3 is 1. The van der Waals surface area contributed by atoms with Gasteiger partial charge >= 0.3 is 11.9 Å². The van der Waals surface area contributed by atoms with Gasteiger partial charge in [0.25, 0.3) is 0 Å². The van der Waals surface area contributed by atoms with Crippen molar-refractivity contribution in [1.82, 2.24) is 4.72 Å². The van der Waals surface area contributed by atoms with E-state index in [1.54, 1.807) is 13.8 Å². The summed E-state index contributed by atoms with van der Waals surface area (Å²) in [5, 5.41) is 9.02. The molecule has 0 amide bonds. The summed E-state index contributed by atoms with van der Waals surface area (Å²) in [6.07, 6.45) is 0.141. The summed E-state index contributed by atoms with van der Waals surface area (Å²) in [7, 11) is -2.91. The standard InChI is InChI=1S/C14H18ClNO6S/c1-8(2)6-12(13(17)18)16-23(20,21)9-4-5-10(11(15)7-9)14(19)22-3/h4-5,7-8,12,16H,6H2,1-3H3,(H,17,18)/t12-/m1/s1. The van der Waals surface area contributed by atoms with Crippen molar-refractivity contribution >= 4 is 33.6 Å². The second-order valence-electron chi connectivity index (χ2n) is 5.27. The molecule has 128 valence electrons. The smallest absolute Gasteiger partial charge is 0.339 e. The predicted octanol–water partition coefficient (Wildman–Crippen LogP) is 1.90. The second kappa shape index (κ2) is 7.76. The van der Waals surface area contributed by atoms with E-state index in [9.17, 15) is 18.0 Å². The molecular formula is C14H18ClNO6S. The highest BCUT2D eigenvalue weighted by molar-refractivity contribution is 7.89. The Bertz CT molecular complexity index is 701. The van der Waals surface area contributed by atoms with E-state index < -0.39 is 28.0 Å². The zero-order valence-electron chi connectivity index (χ0n) is 12.9. The molecule has 1 atom stereocenters. The fourth-order valence-corrected chi connectivity index (χ4v) is 3.41. The average Bonchev–Trinajstić information content (AvgIpc) is 2.44. The Morgan fingerprint density at radius 3 is 2.39 bits per heavy atom. The SMILES string of the molecule is COC(=O)c1ccc(S(=O)(=O)N[C@H](CC(C)C)C(=O)O)cc1Cl. The number of carbonyl (C=O) groups excluding carboxylic acids is 1. The Morgan fingerprint density at radius 2 is 1.96 bits per heavy atom. The van der Waals surface area contributed by atoms with Gasteiger partial charge in [-0.3, -0.25) is 4.79 Å². The van der Waals surface area contributed by atoms with E-state index >= 15 is 0 Å². The van der Waals surface area contributed by atoms with Gasteiger partial charge in [0.2, 0.25) is 10.0 Å². The van der Waals surface area contributed by atoms with Crippen LogP contribution in [0, 0.1) is 5.92 Å². The summed E-state index contributed by atoms with van der Waals surface area (Å²) in [4.78, 5) is 22.4. The molecule has 0 saturated carbocycles. The Morgan fingerprint density at radius 1 is 1.35 bits per heavy atom. The maximum atomic E-state index is 12.3. The zero-order chi connectivity index (χ0) is 17.8. The van der Waals surface area contributed by atoms with Crippen molar-refractivity contribution in [2.24, 2.45) is 5.92 Å². The molecule has 0 aliphatic rings. The summed E-state index contributed by atoms with van der Waals surface area (Å²) in [5.74, 6) is -1.97. The van der Waals surface area contributed by atoms with Crippen LogP contribution in [0.1, 0.15) is 30.6 Å². The van der Waals surface area contributed by atoms with E-state index in [4.69, 9.17) is 16.7 Å². The van der Waals surface area contributed by atoms with Crippen LogP contribution in [0.15, 0.2) is 23.1 Å². The minimum absolute atomic E-state index is 0.0101. The molecule has 1 rings (SSSR count). The summed E-state index contributed by atoms with van der Waals surface area (Å²) < 4.78 is 31.2. The number of hydrogen-bond donors (Lipinski definition) is 2. The van der Waals surface area contributed by atoms with Gasteiger partial charge in [0, 0.05) is 0 Å². The minimum atomic E-state index is -4.09. The summed E-state index contributed by atoms with van der Waals surface area (Å²) >= 11 is 5.88. The topological polar surface area (TPSA) is 110 Å². The van der Waals surface area contributed by atoms with Crippen LogP contribution in [0.3, 0.4) is 0 Å². The summed E-state index contributed by atoms with van der Waals surface area (Å²) in [5.41, 5.74) is 0.0186. The van der Waals surface area contributed by atoms with E-state index in [-0.39, 0.29) is 27.8 Å². The number of rotatable bonds is 7. The maximum Gasteiger partial charge on any atom is 0.339 e. The molecule has 0 spiro atoms. The third-order valence-electron chi connectivity index (χ3n) is 2.96. The van der Waals surface area contributed by atoms with Crippen molar-refractivity contribution in [3.63, 3.8) is 0 Å². The normalized spacial score (nSPS) is 12.9. The van der Waals surface area contributed by atoms with Crippen LogP contribution in [0.4, 0.5) is 0 Å². The highest BCUT2D eigenvalue weighted by Crippen LogP contribution is 2.22. The molecule has 1 aromatic rings. The van der Waals surface area contributed by atoms with Gasteiger partial charge < -0.3 is 9.84 Å². The maximum absolute atomic E-state index is 12.3. The first kappa shape index (κ1) is 19.4. The number of hydrogen-bond acceptors (Lipinski definition) is 5. The molecule has 2 N–H and O–H groups in total. The molecule has 0 fully saturated rings. The molecule has 0 saturated heterocycles. The van der Waals surface area contributed by atoms with Crippen LogP contribution < -0.4 is 4.72 Å². The number of nitrogens with one attached hydrogen (secondary N) is 1. The first-order chi connectivity index (χ1) is 10.6. The molecule has 0 aliphatic carbocycles. The second-order valence-corrected chi connectivity index (χ2v) is 7.40. The number of ether oxygens (including phenoxy) is 1. The van der Waals surface area contributed by atoms with Crippen molar-refractivity contribution in [1.29, 1.82) is 0 Å². The Kier molecular flexibility index (Phi) is 6.55. The van der Waals surface area contributed by atoms with Gasteiger partial charge in [-0.1, -0.05) is 25.4 Å². The zero-order valence-corrected chi connectivity index (χ0v) is 14.4. The number of halogens is 1. The van der Waals surface area contributed by atoms with Gasteiger partial charge in [0.1, 0.15) is 6.04 Å². The van der Waals surface area contributed by atoms with E-state index in [2.05, 4.69) is 9.46 Å². The molecule has 0 aliphatic heterocycles. The van der Waals surface area contributed by atoms with Crippen LogP contribution in [-0.4, -0.2) is 38.6 Å². The van der Waals surface area contributed by atoms with Crippen molar-refractivity contribution in [3.8, 4) is 0 Å². The van der Waals surface area contributed by atoms with Gasteiger partial charge in [-0.25, -0.2) is 13.2 Å². The molecule has 0 heterocycles. The fourth-order valence-electron chi connectivity index (χ4n) is 1.86. The number of esters is 1. The highest BCUT2D eigenvalue weighted by atomic mass is 35.5. The molecule has 0 unspecified atom stereocenters. The fraction of sp³-hybridized carbons (Fsp3) is 0.429. The van der Waals surface area contributed by atoms with Gasteiger partial charge in [0.15, 0.2) is 0 Å². The van der Waals surface area contributed by atoms with E-state index in [1.165, 1.54) is 13.2 Å². The van der Waals surface area contributed by atoms with Crippen molar-refractivity contribution < 1.29 is 27.9 Å². The van der Waals surface area contributed by atoms with Gasteiger partial charge in [-0.2, -0.15) is 4.72 Å². The molecule has 0 aromatic heterocycles. The number of carboxylic acid groups (broad SMARTS) is 1. The quantitative estimate of drug-likeness (QED) is 0.716. The number of carbonyl (C=O) groups is 2. The average molecular weight is 364 g/mol. The molecule has 23 heavy (non-hydrogen) atoms. The van der Waals surface area contributed by atoms with E-state index in [1.807, 2.05) is 0 Å². The largest absolute Gasteiger partial charge is 0.480 e. The van der Waals surface area contributed by atoms with Crippen LogP contribution in [0.5, 0.6) is 0 Å². The first-order valence-electron chi connectivity index (χ1n) is 6.71. The van der Waals surface area contributed by atoms with Gasteiger partial charge in [-0.15, -0.1) is 0 Å². The van der Waals surface area contributed by atoms with Crippen LogP contribution in [0.25, 0.3) is 0 Å². The molecule has 1 aromatic carbocycles. The number of benzene rings is 1. The number of carboxylic acids is 1. The van der Waals surface area contributed by atoms with Gasteiger partial charge in [0.05, 0.1) is 22.6 Å². The Balaban J connectivity index is 3.11. The van der Waals surface area contributed by atoms with Crippen LogP contribution >= 0.6 is 11.6 Å². The van der Waals surface area contributed by atoms with Gasteiger partial charge in [-0.05, 0) is 30.5 Å². The Labute approximate surface area is 139 Å².